The minimum Gasteiger partial charge on any atom is -0.398 e. The van der Waals surface area contributed by atoms with Gasteiger partial charge in [0, 0.05) is 46.1 Å². The molecule has 0 aliphatic carbocycles. The predicted octanol–water partition coefficient (Wildman–Crippen LogP) is 4.08. The normalized spacial score (nSPS) is 10.7. The fourth-order valence-corrected chi connectivity index (χ4v) is 2.40. The summed E-state index contributed by atoms with van der Waals surface area (Å²) < 4.78 is 0. The number of nitrogen functional groups attached to an aromatic ring is 1. The molecule has 2 aromatic carbocycles. The van der Waals surface area contributed by atoms with E-state index >= 15 is 0 Å². The Balaban J connectivity index is 1.92. The molecular formula is C16H14ClN3. The molecule has 0 unspecified atom stereocenters. The van der Waals surface area contributed by atoms with Gasteiger partial charge in [0.2, 0.25) is 0 Å². The second-order valence-electron chi connectivity index (χ2n) is 4.57. The number of pyridine rings is 1. The molecule has 0 saturated heterocycles. The standard InChI is InChI=1S/C16H14ClN3/c17-14-4-2-1-3-11(14)9-20-16-6-5-15(18)13-10-19-8-7-12(13)16/h1-8,10,20H,9,18H2. The van der Waals surface area contributed by atoms with E-state index in [1.54, 1.807) is 12.4 Å². The molecule has 0 saturated carbocycles. The van der Waals surface area contributed by atoms with Gasteiger partial charge in [-0.1, -0.05) is 29.8 Å². The van der Waals surface area contributed by atoms with E-state index in [9.17, 15) is 0 Å². The highest BCUT2D eigenvalue weighted by molar-refractivity contribution is 6.31. The maximum absolute atomic E-state index is 6.16. The van der Waals surface area contributed by atoms with Crippen LogP contribution in [0.4, 0.5) is 11.4 Å². The summed E-state index contributed by atoms with van der Waals surface area (Å²) in [6.45, 7) is 0.668. The lowest BCUT2D eigenvalue weighted by Gasteiger charge is -2.12. The molecule has 0 bridgehead atoms. The van der Waals surface area contributed by atoms with Crippen molar-refractivity contribution in [2.24, 2.45) is 0 Å². The summed E-state index contributed by atoms with van der Waals surface area (Å²) in [5, 5.41) is 6.19. The zero-order valence-corrected chi connectivity index (χ0v) is 11.6. The Morgan fingerprint density at radius 3 is 2.75 bits per heavy atom. The SMILES string of the molecule is Nc1ccc(NCc2ccccc2Cl)c2ccncc12. The first-order chi connectivity index (χ1) is 9.75. The first kappa shape index (κ1) is 12.8. The molecule has 3 rings (SSSR count). The van der Waals surface area contributed by atoms with Crippen molar-refractivity contribution in [2.45, 2.75) is 6.54 Å². The second-order valence-corrected chi connectivity index (χ2v) is 4.98. The maximum Gasteiger partial charge on any atom is 0.0455 e. The lowest BCUT2D eigenvalue weighted by Crippen LogP contribution is -2.01. The molecule has 0 radical (unpaired) electrons. The van der Waals surface area contributed by atoms with Crippen LogP contribution in [0.3, 0.4) is 0 Å². The Morgan fingerprint density at radius 1 is 1.05 bits per heavy atom. The lowest BCUT2D eigenvalue weighted by molar-refractivity contribution is 1.15. The number of anilines is 2. The zero-order chi connectivity index (χ0) is 13.9. The van der Waals surface area contributed by atoms with Crippen molar-refractivity contribution in [3.05, 3.63) is 65.4 Å². The molecule has 1 aromatic heterocycles. The molecule has 0 fully saturated rings. The average molecular weight is 284 g/mol. The summed E-state index contributed by atoms with van der Waals surface area (Å²) in [7, 11) is 0. The molecule has 0 aliphatic heterocycles. The van der Waals surface area contributed by atoms with Gasteiger partial charge in [-0.25, -0.2) is 0 Å². The number of nitrogens with one attached hydrogen (secondary N) is 1. The molecule has 3 nitrogen and oxygen atoms in total. The fourth-order valence-electron chi connectivity index (χ4n) is 2.20. The van der Waals surface area contributed by atoms with Crippen LogP contribution >= 0.6 is 11.6 Å². The molecule has 0 spiro atoms. The third kappa shape index (κ3) is 2.40. The van der Waals surface area contributed by atoms with E-state index < -0.39 is 0 Å². The van der Waals surface area contributed by atoms with Crippen LogP contribution in [-0.4, -0.2) is 4.98 Å². The fraction of sp³-hybridized carbons (Fsp3) is 0.0625. The molecule has 20 heavy (non-hydrogen) atoms. The topological polar surface area (TPSA) is 50.9 Å². The number of rotatable bonds is 3. The highest BCUT2D eigenvalue weighted by Gasteiger charge is 2.05. The maximum atomic E-state index is 6.16. The highest BCUT2D eigenvalue weighted by Crippen LogP contribution is 2.28. The highest BCUT2D eigenvalue weighted by atomic mass is 35.5. The second kappa shape index (κ2) is 5.39. The summed E-state index contributed by atoms with van der Waals surface area (Å²) in [6, 6.07) is 13.6. The quantitative estimate of drug-likeness (QED) is 0.712. The van der Waals surface area contributed by atoms with Gasteiger partial charge < -0.3 is 11.1 Å². The molecule has 0 aliphatic rings. The van der Waals surface area contributed by atoms with Crippen LogP contribution in [0, 0.1) is 0 Å². The van der Waals surface area contributed by atoms with Crippen molar-refractivity contribution in [2.75, 3.05) is 11.1 Å². The first-order valence-corrected chi connectivity index (χ1v) is 6.73. The Hall–Kier alpha value is -2.26. The van der Waals surface area contributed by atoms with Gasteiger partial charge in [0.1, 0.15) is 0 Å². The van der Waals surface area contributed by atoms with Crippen molar-refractivity contribution < 1.29 is 0 Å². The van der Waals surface area contributed by atoms with E-state index in [2.05, 4.69) is 10.3 Å². The van der Waals surface area contributed by atoms with Crippen LogP contribution in [0.1, 0.15) is 5.56 Å². The van der Waals surface area contributed by atoms with Gasteiger partial charge in [-0.15, -0.1) is 0 Å². The Labute approximate surface area is 122 Å². The van der Waals surface area contributed by atoms with E-state index in [1.165, 1.54) is 0 Å². The molecule has 3 N–H and O–H groups in total. The molecule has 0 atom stereocenters. The molecule has 100 valence electrons. The van der Waals surface area contributed by atoms with Gasteiger partial charge in [0.15, 0.2) is 0 Å². The summed E-state index contributed by atoms with van der Waals surface area (Å²) in [6.07, 6.45) is 3.55. The van der Waals surface area contributed by atoms with Crippen LogP contribution in [0.5, 0.6) is 0 Å². The number of hydrogen-bond acceptors (Lipinski definition) is 3. The third-order valence-electron chi connectivity index (χ3n) is 3.28. The number of fused-ring (bicyclic) bond motifs is 1. The van der Waals surface area contributed by atoms with E-state index in [0.717, 1.165) is 32.7 Å². The number of aromatic nitrogens is 1. The van der Waals surface area contributed by atoms with E-state index in [4.69, 9.17) is 17.3 Å². The molecule has 4 heteroatoms. The largest absolute Gasteiger partial charge is 0.398 e. The van der Waals surface area contributed by atoms with Gasteiger partial charge in [-0.3, -0.25) is 4.98 Å². The first-order valence-electron chi connectivity index (χ1n) is 6.35. The molecular weight excluding hydrogens is 270 g/mol. The predicted molar refractivity (Wildman–Crippen MR) is 84.9 cm³/mol. The van der Waals surface area contributed by atoms with Crippen LogP contribution in [0.15, 0.2) is 54.9 Å². The number of halogens is 1. The molecule has 3 aromatic rings. The van der Waals surface area contributed by atoms with Crippen molar-refractivity contribution in [3.63, 3.8) is 0 Å². The number of nitrogens with two attached hydrogens (primary N) is 1. The van der Waals surface area contributed by atoms with Crippen molar-refractivity contribution in [1.82, 2.24) is 4.98 Å². The van der Waals surface area contributed by atoms with Crippen LogP contribution in [-0.2, 0) is 6.54 Å². The van der Waals surface area contributed by atoms with Gasteiger partial charge in [0.05, 0.1) is 0 Å². The Bertz CT molecular complexity index is 756. The molecule has 0 amide bonds. The number of nitrogens with zero attached hydrogens (tertiary/aromatic N) is 1. The Morgan fingerprint density at radius 2 is 1.90 bits per heavy atom. The third-order valence-corrected chi connectivity index (χ3v) is 3.65. The minimum absolute atomic E-state index is 0.668. The average Bonchev–Trinajstić information content (AvgIpc) is 2.48. The summed E-state index contributed by atoms with van der Waals surface area (Å²) in [4.78, 5) is 4.12. The monoisotopic (exact) mass is 283 g/mol. The van der Waals surface area contributed by atoms with Crippen LogP contribution < -0.4 is 11.1 Å². The van der Waals surface area contributed by atoms with Crippen LogP contribution in [0.2, 0.25) is 5.02 Å². The summed E-state index contributed by atoms with van der Waals surface area (Å²) >= 11 is 6.16. The minimum atomic E-state index is 0.668. The Kier molecular flexibility index (Phi) is 3.44. The van der Waals surface area contributed by atoms with Crippen molar-refractivity contribution in [3.8, 4) is 0 Å². The number of hydrogen-bond donors (Lipinski definition) is 2. The summed E-state index contributed by atoms with van der Waals surface area (Å²) in [5.74, 6) is 0. The van der Waals surface area contributed by atoms with Crippen LogP contribution in [0.25, 0.3) is 10.8 Å². The van der Waals surface area contributed by atoms with E-state index in [-0.39, 0.29) is 0 Å². The van der Waals surface area contributed by atoms with Crippen molar-refractivity contribution in [1.29, 1.82) is 0 Å². The van der Waals surface area contributed by atoms with Gasteiger partial charge >= 0.3 is 0 Å². The molecule has 1 heterocycles. The van der Waals surface area contributed by atoms with Gasteiger partial charge in [-0.05, 0) is 29.8 Å². The number of benzene rings is 2. The summed E-state index contributed by atoms with van der Waals surface area (Å²) in [5.41, 5.74) is 8.79. The lowest BCUT2D eigenvalue weighted by atomic mass is 10.1. The zero-order valence-electron chi connectivity index (χ0n) is 10.8. The van der Waals surface area contributed by atoms with E-state index in [1.807, 2.05) is 42.5 Å². The van der Waals surface area contributed by atoms with Crippen molar-refractivity contribution >= 4 is 33.7 Å². The smallest absolute Gasteiger partial charge is 0.0455 e. The van der Waals surface area contributed by atoms with E-state index in [0.29, 0.717) is 6.54 Å². The van der Waals surface area contributed by atoms with Gasteiger partial charge in [-0.2, -0.15) is 0 Å². The van der Waals surface area contributed by atoms with Gasteiger partial charge in [0.25, 0.3) is 0 Å².